The van der Waals surface area contributed by atoms with Gasteiger partial charge in [0.15, 0.2) is 0 Å². The molecule has 0 radical (unpaired) electrons. The van der Waals surface area contributed by atoms with Crippen molar-refractivity contribution in [2.45, 2.75) is 39.3 Å². The highest BCUT2D eigenvalue weighted by molar-refractivity contribution is 6.91. The summed E-state index contributed by atoms with van der Waals surface area (Å²) in [5, 5.41) is 16.2. The third-order valence-corrected chi connectivity index (χ3v) is 18.7. The van der Waals surface area contributed by atoms with Crippen molar-refractivity contribution in [2.75, 3.05) is 0 Å². The van der Waals surface area contributed by atoms with Crippen LogP contribution < -0.4 is 10.4 Å². The zero-order valence-corrected chi connectivity index (χ0v) is 41.8. The Morgan fingerprint density at radius 3 is 0.853 bits per heavy atom. The second kappa shape index (κ2) is 16.2. The third-order valence-electron chi connectivity index (χ3n) is 14.5. The fourth-order valence-corrected chi connectivity index (χ4v) is 14.5. The fourth-order valence-electron chi connectivity index (χ4n) is 11.2. The largest absolute Gasteiger partial charge is 0.0784 e. The lowest BCUT2D eigenvalue weighted by molar-refractivity contribution is 1.60. The summed E-state index contributed by atoms with van der Waals surface area (Å²) in [7, 11) is -3.31. The molecule has 0 aliphatic heterocycles. The van der Waals surface area contributed by atoms with Crippen LogP contribution in [-0.2, 0) is 0 Å². The van der Waals surface area contributed by atoms with E-state index in [1.165, 1.54) is 131 Å². The standard InChI is InChI=1S/C66H54Si2/c1-67(2,3)63-39-37-51(49-21-13-15-23-53(49)63)61-41-59(47-29-25-45(26-30-47)43-17-9-7-10-18-43)55-34-36-58-62(52-38-40-64(68(4,5)6)54-24-16-14-22-50(52)54)42-60(56-33-35-57(61)65(55)66(56)58)48-31-27-46(28-32-48)44-19-11-8-12-20-44/h7-42H,1-6H3. The predicted molar refractivity (Wildman–Crippen MR) is 304 cm³/mol. The van der Waals surface area contributed by atoms with Gasteiger partial charge in [-0.2, -0.15) is 0 Å². The zero-order valence-electron chi connectivity index (χ0n) is 39.8. The molecule has 12 rings (SSSR count). The summed E-state index contributed by atoms with van der Waals surface area (Å²) in [6, 6.07) is 82.8. The van der Waals surface area contributed by atoms with Gasteiger partial charge in [0.25, 0.3) is 0 Å². The van der Waals surface area contributed by atoms with Crippen molar-refractivity contribution in [3.8, 4) is 66.8 Å². The Hall–Kier alpha value is -7.37. The van der Waals surface area contributed by atoms with Gasteiger partial charge in [-0.25, -0.2) is 0 Å². The fraction of sp³-hybridized carbons (Fsp3) is 0.0909. The quantitative estimate of drug-likeness (QED) is 0.105. The van der Waals surface area contributed by atoms with Crippen LogP contribution in [0.4, 0.5) is 0 Å². The summed E-state index contributed by atoms with van der Waals surface area (Å²) >= 11 is 0. The molecule has 12 aromatic carbocycles. The van der Waals surface area contributed by atoms with E-state index in [9.17, 15) is 0 Å². The molecule has 12 aromatic rings. The van der Waals surface area contributed by atoms with E-state index in [4.69, 9.17) is 0 Å². The minimum absolute atomic E-state index is 1.22. The molecule has 0 bridgehead atoms. The molecule has 0 unspecified atom stereocenters. The summed E-state index contributed by atoms with van der Waals surface area (Å²) in [5.74, 6) is 0. The molecule has 0 spiro atoms. The van der Waals surface area contributed by atoms with Crippen LogP contribution in [-0.4, -0.2) is 16.1 Å². The van der Waals surface area contributed by atoms with E-state index in [2.05, 4.69) is 258 Å². The number of fused-ring (bicyclic) bond motifs is 2. The minimum Gasteiger partial charge on any atom is -0.0656 e. The first kappa shape index (κ1) is 42.0. The summed E-state index contributed by atoms with van der Waals surface area (Å²) in [6.07, 6.45) is 0. The van der Waals surface area contributed by atoms with Crippen molar-refractivity contribution >= 4 is 80.4 Å². The Labute approximate surface area is 402 Å². The van der Waals surface area contributed by atoms with E-state index < -0.39 is 16.1 Å². The molecule has 0 nitrogen and oxygen atoms in total. The smallest absolute Gasteiger partial charge is 0.0656 e. The minimum atomic E-state index is -1.66. The Balaban J connectivity index is 1.20. The Bertz CT molecular complexity index is 3610. The first-order chi connectivity index (χ1) is 33.0. The van der Waals surface area contributed by atoms with Gasteiger partial charge in [0, 0.05) is 0 Å². The lowest BCUT2D eigenvalue weighted by Crippen LogP contribution is -2.38. The zero-order chi connectivity index (χ0) is 46.3. The van der Waals surface area contributed by atoms with Crippen molar-refractivity contribution in [3.05, 3.63) is 218 Å². The molecule has 0 fully saturated rings. The lowest BCUT2D eigenvalue weighted by Gasteiger charge is -2.24. The maximum Gasteiger partial charge on any atom is 0.0784 e. The molecule has 0 amide bonds. The highest BCUT2D eigenvalue weighted by Crippen LogP contribution is 2.50. The van der Waals surface area contributed by atoms with E-state index in [-0.39, 0.29) is 0 Å². The van der Waals surface area contributed by atoms with Crippen LogP contribution in [0.1, 0.15) is 0 Å². The maximum absolute atomic E-state index is 2.50. The van der Waals surface area contributed by atoms with E-state index in [1.807, 2.05) is 0 Å². The molecule has 0 N–H and O–H groups in total. The molecule has 326 valence electrons. The number of hydrogen-bond donors (Lipinski definition) is 0. The Morgan fingerprint density at radius 1 is 0.206 bits per heavy atom. The molecular formula is C66H54Si2. The van der Waals surface area contributed by atoms with Gasteiger partial charge in [-0.3, -0.25) is 0 Å². The van der Waals surface area contributed by atoms with Crippen molar-refractivity contribution in [1.29, 1.82) is 0 Å². The second-order valence-corrected chi connectivity index (χ2v) is 30.9. The predicted octanol–water partition coefficient (Wildman–Crippen LogP) is 18.0. The van der Waals surface area contributed by atoms with Crippen molar-refractivity contribution in [1.82, 2.24) is 0 Å². The van der Waals surface area contributed by atoms with E-state index in [1.54, 1.807) is 0 Å². The second-order valence-electron chi connectivity index (χ2n) is 20.8. The highest BCUT2D eigenvalue weighted by Gasteiger charge is 2.26. The molecule has 0 aliphatic rings. The van der Waals surface area contributed by atoms with Gasteiger partial charge < -0.3 is 0 Å². The molecule has 68 heavy (non-hydrogen) atoms. The SMILES string of the molecule is C[Si](C)(C)c1ccc(-c2cc(-c3ccc(-c4ccccc4)cc3)c3ccc4c(-c5ccc([Si](C)(C)C)c6ccccc56)cc(-c5ccc(-c6ccccc6)cc5)c5ccc2c3c54)c2ccccc12. The number of rotatable bonds is 8. The first-order valence-electron chi connectivity index (χ1n) is 24.2. The average Bonchev–Trinajstić information content (AvgIpc) is 3.37. The van der Waals surface area contributed by atoms with Gasteiger partial charge in [0.05, 0.1) is 16.1 Å². The number of hydrogen-bond acceptors (Lipinski definition) is 0. The van der Waals surface area contributed by atoms with Crippen molar-refractivity contribution in [3.63, 3.8) is 0 Å². The molecule has 0 aliphatic carbocycles. The van der Waals surface area contributed by atoms with Crippen LogP contribution in [0.25, 0.3) is 121 Å². The summed E-state index contributed by atoms with van der Waals surface area (Å²) < 4.78 is 0. The Morgan fingerprint density at radius 2 is 0.500 bits per heavy atom. The van der Waals surface area contributed by atoms with Crippen molar-refractivity contribution < 1.29 is 0 Å². The van der Waals surface area contributed by atoms with Gasteiger partial charge >= 0.3 is 0 Å². The third kappa shape index (κ3) is 7.01. The van der Waals surface area contributed by atoms with Crippen molar-refractivity contribution in [2.24, 2.45) is 0 Å². The lowest BCUT2D eigenvalue weighted by atomic mass is 9.81. The molecule has 0 saturated heterocycles. The van der Waals surface area contributed by atoms with Gasteiger partial charge in [-0.15, -0.1) is 0 Å². The molecule has 0 saturated carbocycles. The van der Waals surface area contributed by atoms with E-state index in [0.717, 1.165) is 0 Å². The van der Waals surface area contributed by atoms with Crippen LogP contribution >= 0.6 is 0 Å². The summed E-state index contributed by atoms with van der Waals surface area (Å²) in [6.45, 7) is 14.8. The molecule has 0 aromatic heterocycles. The van der Waals surface area contributed by atoms with Gasteiger partial charge in [0.1, 0.15) is 0 Å². The van der Waals surface area contributed by atoms with Gasteiger partial charge in [0.2, 0.25) is 0 Å². The highest BCUT2D eigenvalue weighted by atomic mass is 28.3. The summed E-state index contributed by atoms with van der Waals surface area (Å²) in [4.78, 5) is 0. The topological polar surface area (TPSA) is 0 Å². The van der Waals surface area contributed by atoms with Gasteiger partial charge in [-0.1, -0.05) is 256 Å². The molecule has 0 heterocycles. The molecule has 0 atom stereocenters. The molecular weight excluding hydrogens is 849 g/mol. The maximum atomic E-state index is 2.50. The monoisotopic (exact) mass is 902 g/mol. The first-order valence-corrected chi connectivity index (χ1v) is 31.2. The van der Waals surface area contributed by atoms with Crippen LogP contribution in [0.2, 0.25) is 39.3 Å². The van der Waals surface area contributed by atoms with Crippen LogP contribution in [0, 0.1) is 0 Å². The average molecular weight is 903 g/mol. The summed E-state index contributed by atoms with van der Waals surface area (Å²) in [5.41, 5.74) is 15.0. The molecule has 2 heteroatoms. The van der Waals surface area contributed by atoms with Crippen LogP contribution in [0.5, 0.6) is 0 Å². The number of benzene rings is 12. The van der Waals surface area contributed by atoms with Crippen LogP contribution in [0.3, 0.4) is 0 Å². The van der Waals surface area contributed by atoms with E-state index >= 15 is 0 Å². The van der Waals surface area contributed by atoms with Crippen LogP contribution in [0.15, 0.2) is 218 Å². The Kier molecular flexibility index (Phi) is 9.99. The van der Waals surface area contributed by atoms with Gasteiger partial charge in [-0.05, 0) is 133 Å². The normalized spacial score (nSPS) is 12.3. The van der Waals surface area contributed by atoms with E-state index in [0.29, 0.717) is 0 Å².